The van der Waals surface area contributed by atoms with Gasteiger partial charge in [-0.15, -0.1) is 0 Å². The highest BCUT2D eigenvalue weighted by Gasteiger charge is 2.31. The van der Waals surface area contributed by atoms with Gasteiger partial charge in [0, 0.05) is 50.0 Å². The third kappa shape index (κ3) is 5.42. The second-order valence-corrected chi connectivity index (χ2v) is 11.3. The number of amides is 1. The zero-order valence-corrected chi connectivity index (χ0v) is 24.5. The highest BCUT2D eigenvalue weighted by Crippen LogP contribution is 2.28. The maximum absolute atomic E-state index is 13.5. The van der Waals surface area contributed by atoms with Crippen molar-refractivity contribution in [3.05, 3.63) is 132 Å². The first kappa shape index (κ1) is 27.5. The van der Waals surface area contributed by atoms with Crippen LogP contribution in [-0.4, -0.2) is 45.4 Å². The Bertz CT molecular complexity index is 1970. The molecular formula is C36H33N5O3. The van der Waals surface area contributed by atoms with E-state index in [4.69, 9.17) is 9.84 Å². The molecule has 1 aliphatic rings. The molecule has 0 radical (unpaired) electrons. The minimum absolute atomic E-state index is 0.0398. The Labute approximate surface area is 255 Å². The molecule has 0 spiro atoms. The molecule has 0 unspecified atom stereocenters. The van der Waals surface area contributed by atoms with Gasteiger partial charge in [-0.2, -0.15) is 5.10 Å². The van der Waals surface area contributed by atoms with Crippen LogP contribution in [0.5, 0.6) is 0 Å². The van der Waals surface area contributed by atoms with Crippen LogP contribution < -0.4 is 10.2 Å². The third-order valence-corrected chi connectivity index (χ3v) is 8.32. The van der Waals surface area contributed by atoms with Crippen molar-refractivity contribution in [1.82, 2.24) is 19.7 Å². The quantitative estimate of drug-likeness (QED) is 0.231. The lowest BCUT2D eigenvalue weighted by molar-refractivity contribution is 0.0462. The van der Waals surface area contributed by atoms with Crippen LogP contribution in [0, 0.1) is 0 Å². The van der Waals surface area contributed by atoms with Gasteiger partial charge in [0.15, 0.2) is 5.69 Å². The van der Waals surface area contributed by atoms with E-state index in [0.29, 0.717) is 30.9 Å². The Kier molecular flexibility index (Phi) is 7.32. The van der Waals surface area contributed by atoms with Crippen molar-refractivity contribution in [2.24, 2.45) is 7.05 Å². The summed E-state index contributed by atoms with van der Waals surface area (Å²) in [4.78, 5) is 29.0. The second-order valence-electron chi connectivity index (χ2n) is 11.3. The molecule has 1 N–H and O–H groups in total. The van der Waals surface area contributed by atoms with E-state index < -0.39 is 12.0 Å². The molecule has 0 saturated carbocycles. The van der Waals surface area contributed by atoms with Crippen molar-refractivity contribution < 1.29 is 14.3 Å². The van der Waals surface area contributed by atoms with Gasteiger partial charge in [0.05, 0.1) is 17.3 Å². The number of nitrogens with zero attached hydrogens (tertiary/aromatic N) is 4. The number of aryl methyl sites for hydroxylation is 3. The van der Waals surface area contributed by atoms with E-state index in [1.807, 2.05) is 77.1 Å². The van der Waals surface area contributed by atoms with Crippen LogP contribution in [0.25, 0.3) is 21.7 Å². The number of hydrogen-bond donors (Lipinski definition) is 1. The van der Waals surface area contributed by atoms with Crippen LogP contribution >= 0.6 is 0 Å². The summed E-state index contributed by atoms with van der Waals surface area (Å²) in [5.41, 5.74) is 4.97. The van der Waals surface area contributed by atoms with Crippen molar-refractivity contribution in [2.75, 3.05) is 18.1 Å². The highest BCUT2D eigenvalue weighted by molar-refractivity contribution is 6.04. The molecule has 0 fully saturated rings. The monoisotopic (exact) mass is 583 g/mol. The highest BCUT2D eigenvalue weighted by atomic mass is 16.5. The first-order chi connectivity index (χ1) is 21.5. The first-order valence-corrected chi connectivity index (χ1v) is 14.9. The first-order valence-electron chi connectivity index (χ1n) is 14.9. The molecular weight excluding hydrogens is 550 g/mol. The van der Waals surface area contributed by atoms with E-state index in [1.165, 1.54) is 5.56 Å². The molecule has 4 aromatic carbocycles. The van der Waals surface area contributed by atoms with Crippen LogP contribution in [-0.2, 0) is 31.3 Å². The number of carbonyl (C=O) groups excluding carboxylic acids is 2. The van der Waals surface area contributed by atoms with Crippen LogP contribution in [0.3, 0.4) is 0 Å². The third-order valence-electron chi connectivity index (χ3n) is 8.32. The van der Waals surface area contributed by atoms with Gasteiger partial charge in [0.1, 0.15) is 6.61 Å². The largest absolute Gasteiger partial charge is 0.460 e. The second kappa shape index (κ2) is 11.7. The fourth-order valence-corrected chi connectivity index (χ4v) is 6.11. The molecule has 1 atom stereocenters. The van der Waals surface area contributed by atoms with E-state index in [-0.39, 0.29) is 12.5 Å². The molecule has 0 bridgehead atoms. The number of ether oxygens (including phenoxy) is 1. The Hall–Kier alpha value is -5.37. The molecule has 3 heterocycles. The fourth-order valence-electron chi connectivity index (χ4n) is 6.11. The van der Waals surface area contributed by atoms with Crippen molar-refractivity contribution in [3.8, 4) is 0 Å². The minimum Gasteiger partial charge on any atom is -0.460 e. The fraction of sp³-hybridized carbons (Fsp3) is 0.194. The van der Waals surface area contributed by atoms with Gasteiger partial charge >= 0.3 is 5.97 Å². The Morgan fingerprint density at radius 2 is 1.66 bits per heavy atom. The molecule has 8 heteroatoms. The molecule has 7 rings (SSSR count). The number of para-hydroxylation sites is 1. The molecule has 1 aliphatic heterocycles. The number of carbonyl (C=O) groups is 2. The molecule has 0 saturated heterocycles. The molecule has 8 nitrogen and oxygen atoms in total. The predicted octanol–water partition coefficient (Wildman–Crippen LogP) is 5.75. The summed E-state index contributed by atoms with van der Waals surface area (Å²) in [5.74, 6) is -0.685. The van der Waals surface area contributed by atoms with Crippen LogP contribution in [0.4, 0.5) is 5.69 Å². The number of esters is 1. The van der Waals surface area contributed by atoms with Crippen LogP contribution in [0.15, 0.2) is 109 Å². The Morgan fingerprint density at radius 3 is 2.52 bits per heavy atom. The Balaban J connectivity index is 1.16. The van der Waals surface area contributed by atoms with E-state index in [1.54, 1.807) is 6.20 Å². The summed E-state index contributed by atoms with van der Waals surface area (Å²) in [6.07, 6.45) is 4.56. The number of fused-ring (bicyclic) bond motifs is 3. The van der Waals surface area contributed by atoms with E-state index in [9.17, 15) is 9.59 Å². The standard InChI is InChI=1S/C36H33N5O3/c1-39-22-31(30-16-7-8-17-32(30)39)36(43)44-24-28-21-40(20-27-14-9-13-26-12-5-6-15-29(26)27)33-23-41(38-34(33)35(42)37-28)19-18-25-10-3-2-4-11-25/h2-17,22-23,28H,18-21,24H2,1H3,(H,37,42)/t28-/m1/s1. The summed E-state index contributed by atoms with van der Waals surface area (Å²) >= 11 is 0. The summed E-state index contributed by atoms with van der Waals surface area (Å²) < 4.78 is 9.60. The van der Waals surface area contributed by atoms with Crippen molar-refractivity contribution >= 4 is 39.2 Å². The van der Waals surface area contributed by atoms with E-state index >= 15 is 0 Å². The van der Waals surface area contributed by atoms with Gasteiger partial charge in [0.25, 0.3) is 5.91 Å². The summed E-state index contributed by atoms with van der Waals surface area (Å²) in [6, 6.07) is 32.2. The maximum atomic E-state index is 13.5. The topological polar surface area (TPSA) is 81.4 Å². The molecule has 0 aliphatic carbocycles. The van der Waals surface area contributed by atoms with Gasteiger partial charge in [-0.3, -0.25) is 9.48 Å². The molecule has 1 amide bonds. The summed E-state index contributed by atoms with van der Waals surface area (Å²) in [7, 11) is 1.91. The summed E-state index contributed by atoms with van der Waals surface area (Å²) in [5, 5.41) is 11.0. The number of nitrogens with one attached hydrogen (secondary N) is 1. The van der Waals surface area contributed by atoms with Gasteiger partial charge < -0.3 is 19.5 Å². The maximum Gasteiger partial charge on any atom is 0.340 e. The zero-order valence-electron chi connectivity index (χ0n) is 24.5. The van der Waals surface area contributed by atoms with E-state index in [0.717, 1.165) is 39.3 Å². The van der Waals surface area contributed by atoms with Gasteiger partial charge in [-0.1, -0.05) is 91.0 Å². The van der Waals surface area contributed by atoms with E-state index in [2.05, 4.69) is 52.7 Å². The van der Waals surface area contributed by atoms with Crippen molar-refractivity contribution in [1.29, 1.82) is 0 Å². The van der Waals surface area contributed by atoms with Gasteiger partial charge in [-0.25, -0.2) is 4.79 Å². The lowest BCUT2D eigenvalue weighted by Gasteiger charge is -2.27. The smallest absolute Gasteiger partial charge is 0.340 e. The number of benzene rings is 4. The molecule has 6 aromatic rings. The SMILES string of the molecule is Cn1cc(C(=O)OC[C@H]2CN(Cc3cccc4ccccc34)c3cn(CCc4ccccc4)nc3C(=O)N2)c2ccccc21. The normalized spacial score (nSPS) is 14.8. The lowest BCUT2D eigenvalue weighted by atomic mass is 10.0. The minimum atomic E-state index is -0.427. The number of anilines is 1. The molecule has 220 valence electrons. The molecule has 44 heavy (non-hydrogen) atoms. The average molecular weight is 584 g/mol. The Morgan fingerprint density at radius 1 is 0.909 bits per heavy atom. The summed E-state index contributed by atoms with van der Waals surface area (Å²) in [6.45, 7) is 1.72. The van der Waals surface area contributed by atoms with Gasteiger partial charge in [0.2, 0.25) is 0 Å². The van der Waals surface area contributed by atoms with Crippen molar-refractivity contribution in [3.63, 3.8) is 0 Å². The number of rotatable bonds is 8. The number of aromatic nitrogens is 3. The van der Waals surface area contributed by atoms with Crippen LogP contribution in [0.2, 0.25) is 0 Å². The molecule has 2 aromatic heterocycles. The zero-order chi connectivity index (χ0) is 30.0. The number of hydrogen-bond acceptors (Lipinski definition) is 5. The lowest BCUT2D eigenvalue weighted by Crippen LogP contribution is -2.44. The van der Waals surface area contributed by atoms with Crippen molar-refractivity contribution in [2.45, 2.75) is 25.6 Å². The predicted molar refractivity (Wildman–Crippen MR) is 172 cm³/mol. The van der Waals surface area contributed by atoms with Crippen LogP contribution in [0.1, 0.15) is 32.0 Å². The van der Waals surface area contributed by atoms with Gasteiger partial charge in [-0.05, 0) is 34.4 Å². The average Bonchev–Trinajstić information content (AvgIpc) is 3.61.